The fourth-order valence-electron chi connectivity index (χ4n) is 3.28. The number of benzene rings is 2. The van der Waals surface area contributed by atoms with E-state index in [1.807, 2.05) is 23.5 Å². The lowest BCUT2D eigenvalue weighted by atomic mass is 10.0. The van der Waals surface area contributed by atoms with Crippen LogP contribution in [-0.2, 0) is 24.1 Å². The third-order valence-corrected chi connectivity index (χ3v) is 6.85. The van der Waals surface area contributed by atoms with Gasteiger partial charge in [-0.05, 0) is 48.6 Å². The number of aryl methyl sites for hydroxylation is 2. The average Bonchev–Trinajstić information content (AvgIpc) is 3.09. The zero-order chi connectivity index (χ0) is 17.8. The maximum absolute atomic E-state index is 12.1. The number of nitrogens with zero attached hydrogens (tertiary/aromatic N) is 1. The summed E-state index contributed by atoms with van der Waals surface area (Å²) in [6.45, 7) is 0.670. The first-order valence-electron chi connectivity index (χ1n) is 9.14. The van der Waals surface area contributed by atoms with E-state index in [4.69, 9.17) is 4.98 Å². The molecule has 1 aliphatic carbocycles. The number of hydrogen-bond acceptors (Lipinski definition) is 4. The molecule has 2 aromatic carbocycles. The van der Waals surface area contributed by atoms with Crippen LogP contribution in [0.2, 0.25) is 0 Å². The molecular weight excluding hydrogens is 360 g/mol. The molecule has 134 valence electrons. The largest absolute Gasteiger partial charge is 0.355 e. The van der Waals surface area contributed by atoms with Crippen molar-refractivity contribution < 1.29 is 4.79 Å². The Labute approximate surface area is 162 Å². The molecule has 4 rings (SSSR count). The number of carbonyl (C=O) groups is 1. The number of nitrogens with one attached hydrogen (secondary N) is 1. The van der Waals surface area contributed by atoms with Crippen molar-refractivity contribution in [1.29, 1.82) is 0 Å². The predicted molar refractivity (Wildman–Crippen MR) is 110 cm³/mol. The molecule has 1 aromatic heterocycles. The fraction of sp³-hybridized carbons (Fsp3) is 0.333. The molecule has 0 fully saturated rings. The quantitative estimate of drug-likeness (QED) is 0.632. The second kappa shape index (κ2) is 8.23. The van der Waals surface area contributed by atoms with Gasteiger partial charge in [-0.15, -0.1) is 23.1 Å². The van der Waals surface area contributed by atoms with E-state index in [0.717, 1.165) is 17.7 Å². The summed E-state index contributed by atoms with van der Waals surface area (Å²) in [6, 6.07) is 14.6. The Morgan fingerprint density at radius 2 is 1.96 bits per heavy atom. The standard InChI is InChI=1S/C21H22N2OS2/c24-20(14-25-17-10-9-15-5-1-2-6-16(15)13-17)22-12-11-21-23-18-7-3-4-8-19(18)26-21/h1-2,5-6,9-10,13H,3-4,7-8,11-12,14H2,(H,22,24). The van der Waals surface area contributed by atoms with Crippen LogP contribution in [-0.4, -0.2) is 23.2 Å². The molecule has 26 heavy (non-hydrogen) atoms. The van der Waals surface area contributed by atoms with E-state index >= 15 is 0 Å². The van der Waals surface area contributed by atoms with Crippen LogP contribution in [0.5, 0.6) is 0 Å². The Morgan fingerprint density at radius 1 is 1.12 bits per heavy atom. The molecule has 0 saturated carbocycles. The van der Waals surface area contributed by atoms with Gasteiger partial charge in [-0.3, -0.25) is 4.79 Å². The molecule has 0 radical (unpaired) electrons. The van der Waals surface area contributed by atoms with Gasteiger partial charge in [0, 0.05) is 22.7 Å². The molecule has 3 nitrogen and oxygen atoms in total. The summed E-state index contributed by atoms with van der Waals surface area (Å²) in [5.74, 6) is 0.539. The highest BCUT2D eigenvalue weighted by Gasteiger charge is 2.14. The number of hydrogen-bond donors (Lipinski definition) is 1. The van der Waals surface area contributed by atoms with Gasteiger partial charge >= 0.3 is 0 Å². The summed E-state index contributed by atoms with van der Waals surface area (Å²) >= 11 is 3.42. The molecule has 5 heteroatoms. The van der Waals surface area contributed by atoms with Crippen molar-refractivity contribution in [3.05, 3.63) is 58.0 Å². The first-order valence-corrected chi connectivity index (χ1v) is 10.9. The third-order valence-electron chi connectivity index (χ3n) is 4.64. The molecule has 3 aromatic rings. The summed E-state index contributed by atoms with van der Waals surface area (Å²) in [4.78, 5) is 19.4. The summed E-state index contributed by atoms with van der Waals surface area (Å²) in [6.07, 6.45) is 5.70. The van der Waals surface area contributed by atoms with Crippen LogP contribution in [0.1, 0.15) is 28.4 Å². The highest BCUT2D eigenvalue weighted by molar-refractivity contribution is 8.00. The predicted octanol–water partition coefficient (Wildman–Crippen LogP) is 4.63. The highest BCUT2D eigenvalue weighted by Crippen LogP contribution is 2.27. The van der Waals surface area contributed by atoms with Crippen LogP contribution in [0.15, 0.2) is 47.4 Å². The molecule has 0 atom stereocenters. The lowest BCUT2D eigenvalue weighted by molar-refractivity contribution is -0.118. The normalized spacial score (nSPS) is 13.5. The molecule has 0 unspecified atom stereocenters. The number of fused-ring (bicyclic) bond motifs is 2. The molecule has 0 aliphatic heterocycles. The van der Waals surface area contributed by atoms with Crippen molar-refractivity contribution in [1.82, 2.24) is 10.3 Å². The molecule has 0 bridgehead atoms. The Balaban J connectivity index is 1.24. The Bertz CT molecular complexity index is 896. The molecule has 1 N–H and O–H groups in total. The Kier molecular flexibility index (Phi) is 5.56. The van der Waals surface area contributed by atoms with Gasteiger partial charge in [0.2, 0.25) is 5.91 Å². The SMILES string of the molecule is O=C(CSc1ccc2ccccc2c1)NCCc1nc2c(s1)CCCC2. The van der Waals surface area contributed by atoms with Crippen molar-refractivity contribution in [2.45, 2.75) is 37.0 Å². The molecule has 0 spiro atoms. The van der Waals surface area contributed by atoms with Gasteiger partial charge in [-0.2, -0.15) is 0 Å². The van der Waals surface area contributed by atoms with E-state index in [-0.39, 0.29) is 5.91 Å². The minimum absolute atomic E-state index is 0.0875. The van der Waals surface area contributed by atoms with Gasteiger partial charge in [0.1, 0.15) is 0 Å². The van der Waals surface area contributed by atoms with Gasteiger partial charge < -0.3 is 5.32 Å². The van der Waals surface area contributed by atoms with Crippen LogP contribution >= 0.6 is 23.1 Å². The second-order valence-corrected chi connectivity index (χ2v) is 8.80. The first kappa shape index (κ1) is 17.6. The Morgan fingerprint density at radius 3 is 2.85 bits per heavy atom. The minimum Gasteiger partial charge on any atom is -0.355 e. The number of thiazole rings is 1. The zero-order valence-corrected chi connectivity index (χ0v) is 16.3. The summed E-state index contributed by atoms with van der Waals surface area (Å²) in [5, 5.41) is 6.63. The van der Waals surface area contributed by atoms with Crippen LogP contribution < -0.4 is 5.32 Å². The second-order valence-electron chi connectivity index (χ2n) is 6.58. The van der Waals surface area contributed by atoms with Gasteiger partial charge in [0.25, 0.3) is 0 Å². The topological polar surface area (TPSA) is 42.0 Å². The minimum atomic E-state index is 0.0875. The summed E-state index contributed by atoms with van der Waals surface area (Å²) in [7, 11) is 0. The van der Waals surface area contributed by atoms with Gasteiger partial charge in [-0.1, -0.05) is 30.3 Å². The summed E-state index contributed by atoms with van der Waals surface area (Å²) in [5.41, 5.74) is 1.30. The summed E-state index contributed by atoms with van der Waals surface area (Å²) < 4.78 is 0. The van der Waals surface area contributed by atoms with Crippen LogP contribution in [0.3, 0.4) is 0 Å². The maximum Gasteiger partial charge on any atom is 0.230 e. The molecule has 1 amide bonds. The van der Waals surface area contributed by atoms with Crippen molar-refractivity contribution in [2.75, 3.05) is 12.3 Å². The highest BCUT2D eigenvalue weighted by atomic mass is 32.2. The monoisotopic (exact) mass is 382 g/mol. The van der Waals surface area contributed by atoms with Crippen molar-refractivity contribution >= 4 is 39.8 Å². The Hall–Kier alpha value is -1.85. The van der Waals surface area contributed by atoms with Gasteiger partial charge in [0.05, 0.1) is 16.5 Å². The van der Waals surface area contributed by atoms with Crippen molar-refractivity contribution in [3.8, 4) is 0 Å². The first-order chi connectivity index (χ1) is 12.8. The maximum atomic E-state index is 12.1. The number of amides is 1. The van der Waals surface area contributed by atoms with Gasteiger partial charge in [0.15, 0.2) is 0 Å². The van der Waals surface area contributed by atoms with E-state index in [0.29, 0.717) is 12.3 Å². The lowest BCUT2D eigenvalue weighted by Crippen LogP contribution is -2.27. The lowest BCUT2D eigenvalue weighted by Gasteiger charge is -2.06. The smallest absolute Gasteiger partial charge is 0.230 e. The zero-order valence-electron chi connectivity index (χ0n) is 14.7. The van der Waals surface area contributed by atoms with Crippen LogP contribution in [0.4, 0.5) is 0 Å². The number of aromatic nitrogens is 1. The molecule has 1 heterocycles. The van der Waals surface area contributed by atoms with E-state index in [1.54, 1.807) is 11.8 Å². The number of rotatable bonds is 6. The number of carbonyl (C=O) groups excluding carboxylic acids is 1. The van der Waals surface area contributed by atoms with Crippen molar-refractivity contribution in [3.63, 3.8) is 0 Å². The van der Waals surface area contributed by atoms with E-state index in [1.165, 1.54) is 45.6 Å². The fourth-order valence-corrected chi connectivity index (χ4v) is 5.21. The van der Waals surface area contributed by atoms with Crippen molar-refractivity contribution in [2.24, 2.45) is 0 Å². The van der Waals surface area contributed by atoms with Crippen LogP contribution in [0, 0.1) is 0 Å². The van der Waals surface area contributed by atoms with E-state index < -0.39 is 0 Å². The third kappa shape index (κ3) is 4.27. The van der Waals surface area contributed by atoms with Crippen LogP contribution in [0.25, 0.3) is 10.8 Å². The van der Waals surface area contributed by atoms with E-state index in [2.05, 4.69) is 35.6 Å². The molecule has 0 saturated heterocycles. The number of thioether (sulfide) groups is 1. The average molecular weight is 383 g/mol. The molecule has 1 aliphatic rings. The molecular formula is C21H22N2OS2. The van der Waals surface area contributed by atoms with E-state index in [9.17, 15) is 4.79 Å². The van der Waals surface area contributed by atoms with Gasteiger partial charge in [-0.25, -0.2) is 4.98 Å².